The second-order valence-corrected chi connectivity index (χ2v) is 8.03. The topological polar surface area (TPSA) is 52.6 Å². The van der Waals surface area contributed by atoms with Gasteiger partial charge in [0.25, 0.3) is 0 Å². The van der Waals surface area contributed by atoms with Gasteiger partial charge in [0.1, 0.15) is 0 Å². The monoisotopic (exact) mass is 566 g/mol. The number of hydrogen-bond donors (Lipinski definition) is 0. The fraction of sp³-hybridized carbons (Fsp3) is 0.333. The predicted octanol–water partition coefficient (Wildman–Crippen LogP) is 5.44. The molecule has 0 aromatic heterocycles. The number of hydrogen-bond acceptors (Lipinski definition) is 4. The van der Waals surface area contributed by atoms with Gasteiger partial charge in [0.2, 0.25) is 0 Å². The summed E-state index contributed by atoms with van der Waals surface area (Å²) in [5.74, 6) is -6.55. The number of benzene rings is 1. The molecular weight excluding hydrogens is 563 g/mol. The van der Waals surface area contributed by atoms with Gasteiger partial charge in [0.15, 0.2) is 0 Å². The first-order chi connectivity index (χ1) is 12.7. The Morgan fingerprint density at radius 2 is 0.931 bits per heavy atom. The van der Waals surface area contributed by atoms with E-state index in [-0.39, 0.29) is 12.1 Å². The summed E-state index contributed by atoms with van der Waals surface area (Å²) in [6, 6.07) is -1.12. The fourth-order valence-corrected chi connectivity index (χ4v) is 4.33. The molecule has 0 aliphatic rings. The Labute approximate surface area is 159 Å². The van der Waals surface area contributed by atoms with E-state index >= 15 is 0 Å². The average molecular weight is 566 g/mol. The van der Waals surface area contributed by atoms with Crippen molar-refractivity contribution >= 4 is 32.6 Å². The van der Waals surface area contributed by atoms with Gasteiger partial charge in [-0.2, -0.15) is 0 Å². The summed E-state index contributed by atoms with van der Waals surface area (Å²) in [6.45, 7) is 0. The van der Waals surface area contributed by atoms with Crippen LogP contribution in [-0.4, -0.2) is 24.3 Å². The normalized spacial score (nSPS) is 13.7. The van der Waals surface area contributed by atoms with Crippen LogP contribution in [0.3, 0.4) is 0 Å². The third-order valence-electron chi connectivity index (χ3n) is 2.47. The van der Waals surface area contributed by atoms with E-state index in [9.17, 15) is 62.3 Å². The van der Waals surface area contributed by atoms with Crippen LogP contribution in [0.25, 0.3) is 0 Å². The van der Waals surface area contributed by atoms with Crippen molar-refractivity contribution in [2.75, 3.05) is 0 Å². The third kappa shape index (κ3) is 7.11. The van der Waals surface area contributed by atoms with Gasteiger partial charge in [-0.15, -0.1) is 0 Å². The summed E-state index contributed by atoms with van der Waals surface area (Å²) in [4.78, 5) is 21.6. The summed E-state index contributed by atoms with van der Waals surface area (Å²) in [5.41, 5.74) is -4.29. The van der Waals surface area contributed by atoms with Crippen molar-refractivity contribution in [3.05, 3.63) is 32.9 Å². The Hall–Kier alpha value is -1.95. The zero-order valence-corrected chi connectivity index (χ0v) is 14.9. The maximum atomic E-state index is 12.8. The van der Waals surface area contributed by atoms with Crippen molar-refractivity contribution in [1.29, 1.82) is 0 Å². The van der Waals surface area contributed by atoms with Gasteiger partial charge in [-0.05, 0) is 0 Å². The van der Waals surface area contributed by atoms with E-state index in [1.807, 2.05) is 0 Å². The summed E-state index contributed by atoms with van der Waals surface area (Å²) in [5, 5.41) is 0. The zero-order chi connectivity index (χ0) is 23.0. The van der Waals surface area contributed by atoms with Crippen LogP contribution < -0.4 is 0 Å². The molecule has 1 aromatic carbocycles. The SMILES string of the molecule is O=C(OI(OC(=O)C(F)(F)F)c1cc(C(F)(F)F)cc(C(F)(F)F)c1)C(F)(F)F. The quantitative estimate of drug-likeness (QED) is 0.362. The van der Waals surface area contributed by atoms with Crippen LogP contribution in [0.4, 0.5) is 52.7 Å². The molecule has 0 radical (unpaired) electrons. The molecule has 0 heterocycles. The summed E-state index contributed by atoms with van der Waals surface area (Å²) >= 11 is -5.47. The second-order valence-electron chi connectivity index (χ2n) is 4.67. The molecule has 0 aliphatic heterocycles. The van der Waals surface area contributed by atoms with Gasteiger partial charge in [-0.1, -0.05) is 0 Å². The van der Waals surface area contributed by atoms with Crippen molar-refractivity contribution < 1.29 is 68.4 Å². The van der Waals surface area contributed by atoms with E-state index in [1.165, 1.54) is 0 Å². The van der Waals surface area contributed by atoms with Crippen LogP contribution in [0.5, 0.6) is 0 Å². The molecule has 0 saturated carbocycles. The Morgan fingerprint density at radius 3 is 1.17 bits per heavy atom. The van der Waals surface area contributed by atoms with Gasteiger partial charge in [0, 0.05) is 0 Å². The molecule has 29 heavy (non-hydrogen) atoms. The molecule has 0 bridgehead atoms. The van der Waals surface area contributed by atoms with Gasteiger partial charge in [-0.3, -0.25) is 0 Å². The Morgan fingerprint density at radius 1 is 0.621 bits per heavy atom. The van der Waals surface area contributed by atoms with Crippen LogP contribution in [0.1, 0.15) is 11.1 Å². The first-order valence-corrected chi connectivity index (χ1v) is 9.15. The molecule has 17 heteroatoms. The molecule has 0 amide bonds. The van der Waals surface area contributed by atoms with Crippen molar-refractivity contribution in [2.45, 2.75) is 24.7 Å². The first-order valence-electron chi connectivity index (χ1n) is 6.31. The van der Waals surface area contributed by atoms with Crippen LogP contribution in [-0.2, 0) is 28.1 Å². The van der Waals surface area contributed by atoms with Gasteiger partial charge in [0.05, 0.1) is 0 Å². The van der Waals surface area contributed by atoms with Gasteiger partial charge < -0.3 is 0 Å². The van der Waals surface area contributed by atoms with Crippen LogP contribution in [0.15, 0.2) is 18.2 Å². The van der Waals surface area contributed by atoms with E-state index in [2.05, 4.69) is 6.13 Å². The Balaban J connectivity index is 3.57. The average Bonchev–Trinajstić information content (AvgIpc) is 2.50. The molecule has 0 spiro atoms. The molecule has 0 saturated heterocycles. The van der Waals surface area contributed by atoms with E-state index in [0.717, 1.165) is 0 Å². The van der Waals surface area contributed by atoms with Gasteiger partial charge in [-0.25, -0.2) is 0 Å². The molecule has 0 unspecified atom stereocenters. The molecule has 1 rings (SSSR count). The third-order valence-corrected chi connectivity index (χ3v) is 5.71. The molecule has 0 atom stereocenters. The molecule has 166 valence electrons. The zero-order valence-electron chi connectivity index (χ0n) is 12.8. The molecule has 0 aliphatic carbocycles. The number of rotatable bonds is 3. The molecule has 4 nitrogen and oxygen atoms in total. The van der Waals surface area contributed by atoms with E-state index in [1.54, 1.807) is 0 Å². The van der Waals surface area contributed by atoms with Crippen molar-refractivity contribution in [3.8, 4) is 0 Å². The standard InChI is InChI=1S/C12H3F12IO4/c13-9(14,15)4-1-5(10(16,17)18)3-6(2-4)25(28-7(26)11(19,20)21)29-8(27)12(22,23)24/h1-3H. The van der Waals surface area contributed by atoms with Crippen molar-refractivity contribution in [1.82, 2.24) is 0 Å². The van der Waals surface area contributed by atoms with Crippen LogP contribution >= 0.6 is 20.6 Å². The van der Waals surface area contributed by atoms with Crippen molar-refractivity contribution in [3.63, 3.8) is 0 Å². The number of alkyl halides is 12. The Bertz CT molecular complexity index is 717. The minimum atomic E-state index is -5.89. The number of halogens is 13. The van der Waals surface area contributed by atoms with E-state index in [0.29, 0.717) is 0 Å². The Kier molecular flexibility index (Phi) is 6.97. The number of carbonyl (C=O) groups is 2. The summed E-state index contributed by atoms with van der Waals surface area (Å²) < 4.78 is 156. The van der Waals surface area contributed by atoms with Crippen molar-refractivity contribution in [2.24, 2.45) is 0 Å². The minimum absolute atomic E-state index is 0.312. The molecule has 0 N–H and O–H groups in total. The molecule has 1 aromatic rings. The van der Waals surface area contributed by atoms with Crippen LogP contribution in [0, 0.1) is 3.57 Å². The molecular formula is C12H3F12IO4. The summed E-state index contributed by atoms with van der Waals surface area (Å²) in [7, 11) is 0. The number of carbonyl (C=O) groups excluding carboxylic acids is 2. The van der Waals surface area contributed by atoms with Gasteiger partial charge >= 0.3 is 159 Å². The predicted molar refractivity (Wildman–Crippen MR) is 73.5 cm³/mol. The maximum absolute atomic E-state index is 12.8. The van der Waals surface area contributed by atoms with Crippen LogP contribution in [0.2, 0.25) is 0 Å². The summed E-state index contributed by atoms with van der Waals surface area (Å²) in [6.07, 6.45) is -22.8. The fourth-order valence-electron chi connectivity index (χ4n) is 1.33. The van der Waals surface area contributed by atoms with E-state index in [4.69, 9.17) is 0 Å². The molecule has 0 fully saturated rings. The first kappa shape index (κ1) is 25.1. The van der Waals surface area contributed by atoms with E-state index < -0.39 is 78.1 Å². The second kappa shape index (κ2) is 8.05.